The van der Waals surface area contributed by atoms with E-state index in [4.69, 9.17) is 4.74 Å². The zero-order chi connectivity index (χ0) is 11.3. The lowest BCUT2D eigenvalue weighted by Crippen LogP contribution is -2.39. The van der Waals surface area contributed by atoms with Crippen LogP contribution in [0.1, 0.15) is 53.4 Å². The van der Waals surface area contributed by atoms with E-state index in [-0.39, 0.29) is 0 Å². The molecule has 0 amide bonds. The first-order chi connectivity index (χ1) is 7.03. The first-order valence-electron chi connectivity index (χ1n) is 6.38. The van der Waals surface area contributed by atoms with Crippen LogP contribution in [0.5, 0.6) is 0 Å². The topological polar surface area (TPSA) is 21.3 Å². The molecule has 2 heteroatoms. The van der Waals surface area contributed by atoms with Crippen molar-refractivity contribution in [3.63, 3.8) is 0 Å². The van der Waals surface area contributed by atoms with E-state index in [2.05, 4.69) is 33.0 Å². The van der Waals surface area contributed by atoms with Gasteiger partial charge in [-0.1, -0.05) is 13.8 Å². The molecule has 1 unspecified atom stereocenters. The highest BCUT2D eigenvalue weighted by Gasteiger charge is 2.26. The average Bonchev–Trinajstić information content (AvgIpc) is 2.17. The monoisotopic (exact) mass is 213 g/mol. The standard InChI is InChI=1S/C13H27NO/c1-5-15-11(2)10-14-12-6-8-13(3,4)9-7-12/h11-12,14H,5-10H2,1-4H3. The second kappa shape index (κ2) is 5.86. The summed E-state index contributed by atoms with van der Waals surface area (Å²) < 4.78 is 5.51. The molecule has 1 atom stereocenters. The van der Waals surface area contributed by atoms with Crippen molar-refractivity contribution in [3.8, 4) is 0 Å². The molecule has 0 saturated heterocycles. The van der Waals surface area contributed by atoms with Gasteiger partial charge in [0.1, 0.15) is 0 Å². The maximum absolute atomic E-state index is 5.51. The van der Waals surface area contributed by atoms with Gasteiger partial charge in [-0.3, -0.25) is 0 Å². The van der Waals surface area contributed by atoms with Crippen LogP contribution < -0.4 is 5.32 Å². The second-order valence-corrected chi connectivity index (χ2v) is 5.61. The summed E-state index contributed by atoms with van der Waals surface area (Å²) in [4.78, 5) is 0. The number of nitrogens with one attached hydrogen (secondary N) is 1. The number of hydrogen-bond donors (Lipinski definition) is 1. The Morgan fingerprint density at radius 2 is 1.93 bits per heavy atom. The minimum absolute atomic E-state index is 0.352. The Morgan fingerprint density at radius 1 is 1.33 bits per heavy atom. The Kier molecular flexibility index (Phi) is 5.07. The summed E-state index contributed by atoms with van der Waals surface area (Å²) in [6, 6.07) is 0.723. The molecule has 0 radical (unpaired) electrons. The lowest BCUT2D eigenvalue weighted by Gasteiger charge is -2.35. The Hall–Kier alpha value is -0.0800. The van der Waals surface area contributed by atoms with Crippen LogP contribution in [0, 0.1) is 5.41 Å². The molecule has 1 aliphatic carbocycles. The van der Waals surface area contributed by atoms with Gasteiger partial charge in [0, 0.05) is 19.2 Å². The quantitative estimate of drug-likeness (QED) is 0.758. The Morgan fingerprint density at radius 3 is 2.47 bits per heavy atom. The molecule has 0 bridgehead atoms. The van der Waals surface area contributed by atoms with Gasteiger partial charge in [-0.2, -0.15) is 0 Å². The summed E-state index contributed by atoms with van der Waals surface area (Å²) in [5, 5.41) is 3.62. The van der Waals surface area contributed by atoms with Crippen LogP contribution in [0.25, 0.3) is 0 Å². The van der Waals surface area contributed by atoms with E-state index in [9.17, 15) is 0 Å². The number of hydrogen-bond acceptors (Lipinski definition) is 2. The summed E-state index contributed by atoms with van der Waals surface area (Å²) in [5.41, 5.74) is 0.573. The van der Waals surface area contributed by atoms with E-state index in [1.807, 2.05) is 0 Å². The molecule has 1 saturated carbocycles. The molecule has 0 spiro atoms. The van der Waals surface area contributed by atoms with Gasteiger partial charge in [0.15, 0.2) is 0 Å². The third-order valence-corrected chi connectivity index (χ3v) is 3.48. The number of ether oxygens (including phenoxy) is 1. The van der Waals surface area contributed by atoms with Gasteiger partial charge in [-0.05, 0) is 44.9 Å². The highest BCUT2D eigenvalue weighted by molar-refractivity contribution is 4.82. The smallest absolute Gasteiger partial charge is 0.0671 e. The molecular weight excluding hydrogens is 186 g/mol. The van der Waals surface area contributed by atoms with Gasteiger partial charge >= 0.3 is 0 Å². The van der Waals surface area contributed by atoms with Crippen molar-refractivity contribution < 1.29 is 4.74 Å². The predicted octanol–water partition coefficient (Wildman–Crippen LogP) is 2.97. The zero-order valence-corrected chi connectivity index (χ0v) is 10.8. The molecule has 0 aromatic rings. The lowest BCUT2D eigenvalue weighted by molar-refractivity contribution is 0.0707. The van der Waals surface area contributed by atoms with E-state index in [0.29, 0.717) is 11.5 Å². The fraction of sp³-hybridized carbons (Fsp3) is 1.00. The molecule has 1 N–H and O–H groups in total. The van der Waals surface area contributed by atoms with E-state index in [0.717, 1.165) is 19.2 Å². The summed E-state index contributed by atoms with van der Waals surface area (Å²) in [6.45, 7) is 10.8. The fourth-order valence-electron chi connectivity index (χ4n) is 2.28. The van der Waals surface area contributed by atoms with E-state index in [1.54, 1.807) is 0 Å². The fourth-order valence-corrected chi connectivity index (χ4v) is 2.28. The van der Waals surface area contributed by atoms with Crippen LogP contribution >= 0.6 is 0 Å². The molecule has 0 aromatic carbocycles. The van der Waals surface area contributed by atoms with E-state index >= 15 is 0 Å². The molecule has 0 heterocycles. The van der Waals surface area contributed by atoms with E-state index < -0.39 is 0 Å². The molecule has 0 aromatic heterocycles. The molecule has 1 aliphatic rings. The Balaban J connectivity index is 2.13. The minimum Gasteiger partial charge on any atom is -0.377 e. The number of rotatable bonds is 5. The zero-order valence-electron chi connectivity index (χ0n) is 10.8. The van der Waals surface area contributed by atoms with Crippen molar-refractivity contribution in [3.05, 3.63) is 0 Å². The Labute approximate surface area is 94.8 Å². The van der Waals surface area contributed by atoms with Gasteiger partial charge in [-0.15, -0.1) is 0 Å². The first-order valence-corrected chi connectivity index (χ1v) is 6.38. The molecule has 0 aliphatic heterocycles. The highest BCUT2D eigenvalue weighted by Crippen LogP contribution is 2.34. The molecule has 90 valence electrons. The van der Waals surface area contributed by atoms with Crippen molar-refractivity contribution >= 4 is 0 Å². The van der Waals surface area contributed by atoms with Crippen molar-refractivity contribution in [1.29, 1.82) is 0 Å². The summed E-state index contributed by atoms with van der Waals surface area (Å²) in [5.74, 6) is 0. The van der Waals surface area contributed by atoms with Crippen LogP contribution in [0.3, 0.4) is 0 Å². The summed E-state index contributed by atoms with van der Waals surface area (Å²) in [7, 11) is 0. The Bertz CT molecular complexity index is 169. The minimum atomic E-state index is 0.352. The van der Waals surface area contributed by atoms with Crippen molar-refractivity contribution in [2.75, 3.05) is 13.2 Å². The molecule has 2 nitrogen and oxygen atoms in total. The van der Waals surface area contributed by atoms with E-state index in [1.165, 1.54) is 25.7 Å². The van der Waals surface area contributed by atoms with Crippen LogP contribution in [0.4, 0.5) is 0 Å². The van der Waals surface area contributed by atoms with Gasteiger partial charge in [0.25, 0.3) is 0 Å². The highest BCUT2D eigenvalue weighted by atomic mass is 16.5. The molecule has 15 heavy (non-hydrogen) atoms. The molecule has 1 fully saturated rings. The van der Waals surface area contributed by atoms with Crippen molar-refractivity contribution in [2.45, 2.75) is 65.5 Å². The van der Waals surface area contributed by atoms with Gasteiger partial charge in [0.2, 0.25) is 0 Å². The first kappa shape index (κ1) is 13.0. The predicted molar refractivity (Wildman–Crippen MR) is 65.1 cm³/mol. The largest absolute Gasteiger partial charge is 0.377 e. The molecule has 1 rings (SSSR count). The normalized spacial score (nSPS) is 24.0. The maximum Gasteiger partial charge on any atom is 0.0671 e. The summed E-state index contributed by atoms with van der Waals surface area (Å²) in [6.07, 6.45) is 5.71. The maximum atomic E-state index is 5.51. The van der Waals surface area contributed by atoms with Crippen LogP contribution in [0.15, 0.2) is 0 Å². The third-order valence-electron chi connectivity index (χ3n) is 3.48. The lowest BCUT2D eigenvalue weighted by atomic mass is 9.75. The third kappa shape index (κ3) is 4.98. The molecular formula is C13H27NO. The van der Waals surface area contributed by atoms with Crippen LogP contribution in [-0.4, -0.2) is 25.3 Å². The summed E-state index contributed by atoms with van der Waals surface area (Å²) >= 11 is 0. The van der Waals surface area contributed by atoms with Crippen molar-refractivity contribution in [2.24, 2.45) is 5.41 Å². The SMILES string of the molecule is CCOC(C)CNC1CCC(C)(C)CC1. The van der Waals surface area contributed by atoms with Crippen LogP contribution in [0.2, 0.25) is 0 Å². The second-order valence-electron chi connectivity index (χ2n) is 5.61. The van der Waals surface area contributed by atoms with Crippen molar-refractivity contribution in [1.82, 2.24) is 5.32 Å². The van der Waals surface area contributed by atoms with Crippen LogP contribution in [-0.2, 0) is 4.74 Å². The van der Waals surface area contributed by atoms with Gasteiger partial charge < -0.3 is 10.1 Å². The van der Waals surface area contributed by atoms with Gasteiger partial charge in [-0.25, -0.2) is 0 Å². The average molecular weight is 213 g/mol. The van der Waals surface area contributed by atoms with Gasteiger partial charge in [0.05, 0.1) is 6.10 Å².